The molecule has 0 aromatic heterocycles. The number of benzene rings is 1. The van der Waals surface area contributed by atoms with Crippen LogP contribution in [-0.2, 0) is 0 Å². The van der Waals surface area contributed by atoms with Crippen molar-refractivity contribution in [2.24, 2.45) is 0 Å². The lowest BCUT2D eigenvalue weighted by Crippen LogP contribution is -2.57. The molecule has 1 aliphatic rings. The van der Waals surface area contributed by atoms with Crippen molar-refractivity contribution >= 4 is 23.0 Å². The van der Waals surface area contributed by atoms with Gasteiger partial charge in [0.15, 0.2) is 0 Å². The average molecular weight is 256 g/mol. The summed E-state index contributed by atoms with van der Waals surface area (Å²) in [5.41, 5.74) is 0.722. The number of halogens is 1. The van der Waals surface area contributed by atoms with Gasteiger partial charge in [-0.2, -0.15) is 0 Å². The second-order valence-electron chi connectivity index (χ2n) is 3.99. The molecule has 1 fully saturated rings. The molecule has 6 heteroatoms. The van der Waals surface area contributed by atoms with Gasteiger partial charge in [-0.25, -0.2) is 0 Å². The third-order valence-corrected chi connectivity index (χ3v) is 3.22. The number of rotatable bonds is 4. The Labute approximate surface area is 105 Å². The van der Waals surface area contributed by atoms with Gasteiger partial charge in [0.05, 0.1) is 11.0 Å². The third-order valence-electron chi connectivity index (χ3n) is 2.98. The van der Waals surface area contributed by atoms with Crippen LogP contribution >= 0.6 is 11.6 Å². The minimum atomic E-state index is -0.379. The van der Waals surface area contributed by atoms with Crippen LogP contribution in [0.15, 0.2) is 18.2 Å². The predicted octanol–water partition coefficient (Wildman–Crippen LogP) is 2.05. The van der Waals surface area contributed by atoms with E-state index in [9.17, 15) is 10.1 Å². The summed E-state index contributed by atoms with van der Waals surface area (Å²) in [6.07, 6.45) is 0. The Balaban J connectivity index is 2.38. The molecule has 17 heavy (non-hydrogen) atoms. The molecule has 0 amide bonds. The maximum atomic E-state index is 11.0. The highest BCUT2D eigenvalue weighted by molar-refractivity contribution is 6.30. The van der Waals surface area contributed by atoms with E-state index in [0.29, 0.717) is 16.8 Å². The van der Waals surface area contributed by atoms with Crippen molar-refractivity contribution in [3.63, 3.8) is 0 Å². The highest BCUT2D eigenvalue weighted by atomic mass is 35.5. The van der Waals surface area contributed by atoms with Gasteiger partial charge in [-0.15, -0.1) is 0 Å². The first-order chi connectivity index (χ1) is 8.13. The highest BCUT2D eigenvalue weighted by Gasteiger charge is 2.28. The molecule has 1 aromatic carbocycles. The van der Waals surface area contributed by atoms with Crippen LogP contribution in [0.2, 0.25) is 5.02 Å². The van der Waals surface area contributed by atoms with E-state index in [1.165, 1.54) is 6.07 Å². The van der Waals surface area contributed by atoms with Gasteiger partial charge < -0.3 is 10.2 Å². The van der Waals surface area contributed by atoms with Gasteiger partial charge in [0.1, 0.15) is 5.69 Å². The number of likely N-dealkylation sites (N-methyl/N-ethyl adjacent to an activating group) is 1. The van der Waals surface area contributed by atoms with E-state index in [2.05, 4.69) is 5.32 Å². The lowest BCUT2D eigenvalue weighted by Gasteiger charge is -2.38. The van der Waals surface area contributed by atoms with E-state index in [-0.39, 0.29) is 10.6 Å². The normalized spacial score (nSPS) is 15.4. The van der Waals surface area contributed by atoms with E-state index in [1.807, 2.05) is 11.8 Å². The van der Waals surface area contributed by atoms with Crippen molar-refractivity contribution in [2.45, 2.75) is 13.0 Å². The lowest BCUT2D eigenvalue weighted by molar-refractivity contribution is -0.384. The molecule has 0 aliphatic carbocycles. The van der Waals surface area contributed by atoms with Crippen LogP contribution in [0.25, 0.3) is 0 Å². The van der Waals surface area contributed by atoms with Crippen LogP contribution in [0, 0.1) is 10.1 Å². The Kier molecular flexibility index (Phi) is 3.49. The second kappa shape index (κ2) is 4.89. The van der Waals surface area contributed by atoms with Crippen LogP contribution in [0.1, 0.15) is 6.92 Å². The van der Waals surface area contributed by atoms with Crippen molar-refractivity contribution in [1.29, 1.82) is 0 Å². The number of nitro benzene ring substituents is 1. The molecule has 1 aromatic rings. The predicted molar refractivity (Wildman–Crippen MR) is 67.8 cm³/mol. The molecule has 0 spiro atoms. The number of nitrogens with zero attached hydrogens (tertiary/aromatic N) is 2. The minimum Gasteiger partial charge on any atom is -0.361 e. The van der Waals surface area contributed by atoms with Crippen LogP contribution in [0.4, 0.5) is 11.4 Å². The topological polar surface area (TPSA) is 58.4 Å². The summed E-state index contributed by atoms with van der Waals surface area (Å²) in [6, 6.07) is 5.16. The first-order valence-corrected chi connectivity index (χ1v) is 5.92. The van der Waals surface area contributed by atoms with Crippen molar-refractivity contribution in [3.05, 3.63) is 33.3 Å². The Morgan fingerprint density at radius 3 is 2.76 bits per heavy atom. The molecule has 1 aliphatic heterocycles. The fraction of sp³-hybridized carbons (Fsp3) is 0.455. The maximum absolute atomic E-state index is 11.0. The molecule has 0 saturated carbocycles. The summed E-state index contributed by atoms with van der Waals surface area (Å²) in [7, 11) is 0. The summed E-state index contributed by atoms with van der Waals surface area (Å²) in [6.45, 7) is 4.48. The molecular weight excluding hydrogens is 242 g/mol. The van der Waals surface area contributed by atoms with Gasteiger partial charge in [-0.1, -0.05) is 11.6 Å². The first kappa shape index (κ1) is 12.1. The lowest BCUT2D eigenvalue weighted by atomic mass is 10.1. The van der Waals surface area contributed by atoms with Gasteiger partial charge in [0, 0.05) is 30.7 Å². The number of hydrogen-bond acceptors (Lipinski definition) is 4. The SMILES string of the molecule is CCN(c1ccc(Cl)cc1[N+](=O)[O-])C1CNC1. The molecule has 0 unspecified atom stereocenters. The summed E-state index contributed by atoms with van der Waals surface area (Å²) in [4.78, 5) is 12.7. The highest BCUT2D eigenvalue weighted by Crippen LogP contribution is 2.32. The van der Waals surface area contributed by atoms with Crippen LogP contribution in [-0.4, -0.2) is 30.6 Å². The number of hydrogen-bond donors (Lipinski definition) is 1. The van der Waals surface area contributed by atoms with Gasteiger partial charge in [0.25, 0.3) is 5.69 Å². The van der Waals surface area contributed by atoms with Crippen LogP contribution in [0.5, 0.6) is 0 Å². The smallest absolute Gasteiger partial charge is 0.294 e. The summed E-state index contributed by atoms with van der Waals surface area (Å²) >= 11 is 5.80. The summed E-state index contributed by atoms with van der Waals surface area (Å²) in [5.74, 6) is 0. The quantitative estimate of drug-likeness (QED) is 0.661. The summed E-state index contributed by atoms with van der Waals surface area (Å²) in [5, 5.41) is 14.6. The largest absolute Gasteiger partial charge is 0.361 e. The Morgan fingerprint density at radius 2 is 2.29 bits per heavy atom. The zero-order valence-corrected chi connectivity index (χ0v) is 10.3. The first-order valence-electron chi connectivity index (χ1n) is 5.54. The number of nitro groups is 1. The minimum absolute atomic E-state index is 0.0752. The van der Waals surface area contributed by atoms with Crippen molar-refractivity contribution in [3.8, 4) is 0 Å². The zero-order chi connectivity index (χ0) is 12.4. The van der Waals surface area contributed by atoms with Crippen molar-refractivity contribution in [1.82, 2.24) is 5.32 Å². The Bertz CT molecular complexity index is 435. The van der Waals surface area contributed by atoms with Crippen molar-refractivity contribution < 1.29 is 4.92 Å². The van der Waals surface area contributed by atoms with E-state index in [0.717, 1.165) is 19.6 Å². The molecule has 1 heterocycles. The molecule has 2 rings (SSSR count). The third kappa shape index (κ3) is 2.35. The summed E-state index contributed by atoms with van der Waals surface area (Å²) < 4.78 is 0. The van der Waals surface area contributed by atoms with E-state index in [4.69, 9.17) is 11.6 Å². The van der Waals surface area contributed by atoms with Crippen LogP contribution in [0.3, 0.4) is 0 Å². The van der Waals surface area contributed by atoms with E-state index < -0.39 is 0 Å². The average Bonchev–Trinajstić information content (AvgIpc) is 2.23. The van der Waals surface area contributed by atoms with Crippen LogP contribution < -0.4 is 10.2 Å². The molecule has 1 saturated heterocycles. The zero-order valence-electron chi connectivity index (χ0n) is 9.52. The molecule has 0 radical (unpaired) electrons. The standard InChI is InChI=1S/C11H14ClN3O2/c1-2-14(9-6-13-7-9)10-4-3-8(12)5-11(10)15(16)17/h3-5,9,13H,2,6-7H2,1H3. The number of nitrogens with one attached hydrogen (secondary N) is 1. The van der Waals surface area contributed by atoms with E-state index in [1.54, 1.807) is 12.1 Å². The molecule has 0 atom stereocenters. The van der Waals surface area contributed by atoms with Gasteiger partial charge in [0.2, 0.25) is 0 Å². The molecule has 0 bridgehead atoms. The Hall–Kier alpha value is -1.33. The molecular formula is C11H14ClN3O2. The monoisotopic (exact) mass is 255 g/mol. The fourth-order valence-corrected chi connectivity index (χ4v) is 2.17. The second-order valence-corrected chi connectivity index (χ2v) is 4.42. The van der Waals surface area contributed by atoms with Gasteiger partial charge in [-0.05, 0) is 19.1 Å². The van der Waals surface area contributed by atoms with Gasteiger partial charge >= 0.3 is 0 Å². The number of anilines is 1. The maximum Gasteiger partial charge on any atom is 0.294 e. The van der Waals surface area contributed by atoms with Crippen molar-refractivity contribution in [2.75, 3.05) is 24.5 Å². The van der Waals surface area contributed by atoms with E-state index >= 15 is 0 Å². The fourth-order valence-electron chi connectivity index (χ4n) is 2.00. The Morgan fingerprint density at radius 1 is 1.59 bits per heavy atom. The molecule has 92 valence electrons. The molecule has 1 N–H and O–H groups in total. The van der Waals surface area contributed by atoms with Gasteiger partial charge in [-0.3, -0.25) is 10.1 Å². The molecule has 5 nitrogen and oxygen atoms in total.